The molecular weight excluding hydrogens is 997 g/mol. The van der Waals surface area contributed by atoms with Gasteiger partial charge in [0.1, 0.15) is 13.2 Å². The van der Waals surface area contributed by atoms with Crippen LogP contribution < -0.4 is 0 Å². The summed E-state index contributed by atoms with van der Waals surface area (Å²) >= 11 is 0. The molecular formula is C75H128O6. The molecule has 0 fully saturated rings. The summed E-state index contributed by atoms with van der Waals surface area (Å²) in [7, 11) is 0. The predicted molar refractivity (Wildman–Crippen MR) is 353 cm³/mol. The molecule has 0 N–H and O–H groups in total. The Kier molecular flexibility index (Phi) is 65.2. The molecule has 0 aromatic heterocycles. The van der Waals surface area contributed by atoms with Gasteiger partial charge in [0.25, 0.3) is 0 Å². The lowest BCUT2D eigenvalue weighted by molar-refractivity contribution is -0.167. The predicted octanol–water partition coefficient (Wildman–Crippen LogP) is 23.8. The Hall–Kier alpha value is -3.93. The minimum atomic E-state index is -0.791. The summed E-state index contributed by atoms with van der Waals surface area (Å²) in [6.07, 6.45) is 93.8. The quantitative estimate of drug-likeness (QED) is 0.0261. The van der Waals surface area contributed by atoms with Gasteiger partial charge >= 0.3 is 17.9 Å². The molecule has 81 heavy (non-hydrogen) atoms. The van der Waals surface area contributed by atoms with E-state index in [0.29, 0.717) is 19.3 Å². The van der Waals surface area contributed by atoms with Gasteiger partial charge in [-0.15, -0.1) is 0 Å². The number of carbonyl (C=O) groups is 3. The topological polar surface area (TPSA) is 78.9 Å². The van der Waals surface area contributed by atoms with Gasteiger partial charge in [-0.2, -0.15) is 0 Å². The molecule has 0 rings (SSSR count). The van der Waals surface area contributed by atoms with Crippen LogP contribution in [-0.2, 0) is 28.6 Å². The fraction of sp³-hybridized carbons (Fsp3) is 0.720. The van der Waals surface area contributed by atoms with Crippen LogP contribution in [0.5, 0.6) is 0 Å². The summed E-state index contributed by atoms with van der Waals surface area (Å²) in [4.78, 5) is 38.5. The van der Waals surface area contributed by atoms with Crippen LogP contribution in [0.25, 0.3) is 0 Å². The molecule has 0 aliphatic carbocycles. The third kappa shape index (κ3) is 66.8. The zero-order valence-electron chi connectivity index (χ0n) is 53.3. The number of rotatable bonds is 62. The first-order chi connectivity index (χ1) is 40.0. The normalized spacial score (nSPS) is 12.8. The second-order valence-electron chi connectivity index (χ2n) is 22.7. The average molecular weight is 1130 g/mol. The Morgan fingerprint density at radius 2 is 0.481 bits per heavy atom. The molecule has 6 nitrogen and oxygen atoms in total. The molecule has 0 aromatic rings. The molecule has 0 radical (unpaired) electrons. The number of carbonyl (C=O) groups excluding carboxylic acids is 3. The smallest absolute Gasteiger partial charge is 0.306 e. The Labute approximate surface area is 501 Å². The fourth-order valence-electron chi connectivity index (χ4n) is 9.66. The monoisotopic (exact) mass is 1120 g/mol. The van der Waals surface area contributed by atoms with Crippen molar-refractivity contribution in [1.29, 1.82) is 0 Å². The van der Waals surface area contributed by atoms with Gasteiger partial charge in [0.15, 0.2) is 6.10 Å². The minimum Gasteiger partial charge on any atom is -0.462 e. The number of ether oxygens (including phenoxy) is 3. The summed E-state index contributed by atoms with van der Waals surface area (Å²) < 4.78 is 17.0. The Bertz CT molecular complexity index is 1620. The molecule has 0 aromatic carbocycles. The van der Waals surface area contributed by atoms with Crippen molar-refractivity contribution in [2.75, 3.05) is 13.2 Å². The van der Waals surface area contributed by atoms with E-state index < -0.39 is 6.10 Å². The molecule has 0 aliphatic heterocycles. The molecule has 0 spiro atoms. The van der Waals surface area contributed by atoms with Gasteiger partial charge in [0.2, 0.25) is 0 Å². The molecule has 0 saturated carbocycles. The number of hydrogen-bond acceptors (Lipinski definition) is 6. The van der Waals surface area contributed by atoms with Gasteiger partial charge in [-0.25, -0.2) is 0 Å². The highest BCUT2D eigenvalue weighted by molar-refractivity contribution is 5.71. The van der Waals surface area contributed by atoms with E-state index in [-0.39, 0.29) is 31.1 Å². The van der Waals surface area contributed by atoms with Crippen LogP contribution in [0.3, 0.4) is 0 Å². The van der Waals surface area contributed by atoms with Crippen molar-refractivity contribution >= 4 is 17.9 Å². The van der Waals surface area contributed by atoms with Crippen molar-refractivity contribution in [1.82, 2.24) is 0 Å². The van der Waals surface area contributed by atoms with Crippen LogP contribution in [-0.4, -0.2) is 37.2 Å². The van der Waals surface area contributed by atoms with Gasteiger partial charge in [-0.05, 0) is 122 Å². The van der Waals surface area contributed by atoms with E-state index in [4.69, 9.17) is 14.2 Å². The van der Waals surface area contributed by atoms with E-state index in [1.807, 2.05) is 0 Å². The number of hydrogen-bond donors (Lipinski definition) is 0. The molecule has 0 aliphatic rings. The SMILES string of the molecule is CC/C=C\C/C=C\C/C=C\C/C=C\CCCCCCCCCCCCCCC(=O)OCC(COC(=O)CCCCCCCCCCC/C=C\CCCCCCCC)OC(=O)CCCCCCCC/C=C\C/C=C\C/C=C\C/C=C\CC. The maximum absolute atomic E-state index is 13.0. The number of allylic oxidation sites excluding steroid dienone is 18. The van der Waals surface area contributed by atoms with E-state index in [1.165, 1.54) is 167 Å². The largest absolute Gasteiger partial charge is 0.462 e. The maximum atomic E-state index is 13.0. The highest BCUT2D eigenvalue weighted by Gasteiger charge is 2.19. The van der Waals surface area contributed by atoms with Gasteiger partial charge in [-0.3, -0.25) is 14.4 Å². The van der Waals surface area contributed by atoms with Crippen LogP contribution in [0.15, 0.2) is 109 Å². The van der Waals surface area contributed by atoms with Gasteiger partial charge < -0.3 is 14.2 Å². The molecule has 0 amide bonds. The zero-order valence-corrected chi connectivity index (χ0v) is 53.3. The van der Waals surface area contributed by atoms with Crippen molar-refractivity contribution in [3.05, 3.63) is 109 Å². The Morgan fingerprint density at radius 3 is 0.765 bits per heavy atom. The standard InChI is InChI=1S/C75H128O6/c1-4-7-10-13-16-19-22-25-28-31-34-35-36-37-38-39-42-44-47-50-53-56-59-62-65-68-74(77)80-71-72(81-75(78)69-66-63-60-57-54-51-48-45-41-33-30-27-24-21-18-15-12-9-6-3)70-79-73(76)67-64-61-58-55-52-49-46-43-40-32-29-26-23-20-17-14-11-8-5-2/h7,9-10,12,16,18-19,21,25-30,34-35,41,45,72H,4-6,8,11,13-15,17,20,22-24,31-33,36-40,42-44,46-71H2,1-3H3/b10-7-,12-9-,19-16-,21-18-,28-25-,29-26-,30-27-,35-34-,45-41-. The summed E-state index contributed by atoms with van der Waals surface area (Å²) in [6, 6.07) is 0. The van der Waals surface area contributed by atoms with E-state index in [9.17, 15) is 14.4 Å². The van der Waals surface area contributed by atoms with E-state index >= 15 is 0 Å². The fourth-order valence-corrected chi connectivity index (χ4v) is 9.66. The zero-order chi connectivity index (χ0) is 58.5. The third-order valence-corrected chi connectivity index (χ3v) is 14.7. The third-order valence-electron chi connectivity index (χ3n) is 14.7. The minimum absolute atomic E-state index is 0.0846. The molecule has 0 saturated heterocycles. The lowest BCUT2D eigenvalue weighted by atomic mass is 10.0. The first-order valence-corrected chi connectivity index (χ1v) is 34.4. The number of unbranched alkanes of at least 4 members (excludes halogenated alkanes) is 33. The molecule has 0 bridgehead atoms. The van der Waals surface area contributed by atoms with E-state index in [1.54, 1.807) is 0 Å². The molecule has 464 valence electrons. The van der Waals surface area contributed by atoms with E-state index in [2.05, 4.69) is 130 Å². The van der Waals surface area contributed by atoms with Crippen LogP contribution in [0.2, 0.25) is 0 Å². The summed E-state index contributed by atoms with van der Waals surface area (Å²) in [5.74, 6) is -0.890. The van der Waals surface area contributed by atoms with Crippen LogP contribution >= 0.6 is 0 Å². The second-order valence-corrected chi connectivity index (χ2v) is 22.7. The number of esters is 3. The lowest BCUT2D eigenvalue weighted by Gasteiger charge is -2.18. The Morgan fingerprint density at radius 1 is 0.259 bits per heavy atom. The van der Waals surface area contributed by atoms with Gasteiger partial charge in [-0.1, -0.05) is 297 Å². The van der Waals surface area contributed by atoms with Crippen LogP contribution in [0, 0.1) is 0 Å². The molecule has 0 heterocycles. The van der Waals surface area contributed by atoms with Crippen molar-refractivity contribution in [3.63, 3.8) is 0 Å². The van der Waals surface area contributed by atoms with E-state index in [0.717, 1.165) is 122 Å². The first kappa shape index (κ1) is 77.1. The summed E-state index contributed by atoms with van der Waals surface area (Å²) in [5.41, 5.74) is 0. The van der Waals surface area contributed by atoms with Crippen molar-refractivity contribution in [2.24, 2.45) is 0 Å². The second kappa shape index (κ2) is 68.6. The molecule has 1 unspecified atom stereocenters. The van der Waals surface area contributed by atoms with Crippen LogP contribution in [0.4, 0.5) is 0 Å². The van der Waals surface area contributed by atoms with Crippen molar-refractivity contribution in [3.8, 4) is 0 Å². The van der Waals surface area contributed by atoms with Gasteiger partial charge in [0.05, 0.1) is 0 Å². The molecule has 1 atom stereocenters. The highest BCUT2D eigenvalue weighted by Crippen LogP contribution is 2.17. The molecule has 6 heteroatoms. The van der Waals surface area contributed by atoms with Crippen LogP contribution in [0.1, 0.15) is 329 Å². The summed E-state index contributed by atoms with van der Waals surface area (Å²) in [6.45, 7) is 6.43. The average Bonchev–Trinajstić information content (AvgIpc) is 3.47. The highest BCUT2D eigenvalue weighted by atomic mass is 16.6. The first-order valence-electron chi connectivity index (χ1n) is 34.4. The lowest BCUT2D eigenvalue weighted by Crippen LogP contribution is -2.30. The maximum Gasteiger partial charge on any atom is 0.306 e. The van der Waals surface area contributed by atoms with Gasteiger partial charge in [0, 0.05) is 19.3 Å². The Balaban J connectivity index is 4.38. The van der Waals surface area contributed by atoms with Crippen molar-refractivity contribution < 1.29 is 28.6 Å². The summed E-state index contributed by atoms with van der Waals surface area (Å²) in [5, 5.41) is 0. The van der Waals surface area contributed by atoms with Crippen molar-refractivity contribution in [2.45, 2.75) is 335 Å².